The van der Waals surface area contributed by atoms with Crippen LogP contribution in [0.5, 0.6) is 0 Å². The first-order valence-corrected chi connectivity index (χ1v) is 4.27. The van der Waals surface area contributed by atoms with Gasteiger partial charge in [0.05, 0.1) is 0 Å². The van der Waals surface area contributed by atoms with Gasteiger partial charge in [-0.3, -0.25) is 5.10 Å². The van der Waals surface area contributed by atoms with Crippen molar-refractivity contribution < 1.29 is 0 Å². The highest BCUT2D eigenvalue weighted by Crippen LogP contribution is 2.06. The minimum atomic E-state index is 0.908. The van der Waals surface area contributed by atoms with Crippen molar-refractivity contribution in [1.29, 1.82) is 0 Å². The molecule has 0 fully saturated rings. The second kappa shape index (κ2) is 2.62. The molecule has 0 aliphatic rings. The molecule has 0 aliphatic heterocycles. The summed E-state index contributed by atoms with van der Waals surface area (Å²) in [5.74, 6) is 0.990. The molecule has 1 N–H and O–H groups in total. The lowest BCUT2D eigenvalue weighted by Crippen LogP contribution is -1.93. The quantitative estimate of drug-likeness (QED) is 0.724. The number of nitrogens with zero attached hydrogens (tertiary/aromatic N) is 3. The topological polar surface area (TPSA) is 46.0 Å². The molecule has 64 valence electrons. The van der Waals surface area contributed by atoms with E-state index in [-0.39, 0.29) is 0 Å². The van der Waals surface area contributed by atoms with Gasteiger partial charge in [-0.1, -0.05) is 13.8 Å². The van der Waals surface area contributed by atoms with Crippen LogP contribution in [0.2, 0.25) is 0 Å². The lowest BCUT2D eigenvalue weighted by Gasteiger charge is -1.90. The Hall–Kier alpha value is -1.32. The van der Waals surface area contributed by atoms with Crippen LogP contribution in [-0.4, -0.2) is 19.8 Å². The summed E-state index contributed by atoms with van der Waals surface area (Å²) in [6.45, 7) is 4.19. The number of H-pyrrole nitrogens is 1. The standard InChI is InChI=1S/C8H12N4/c1-3-6-5-8-10-9-7(4-2)12(8)11-6/h5,11H,3-4H2,1-2H3. The van der Waals surface area contributed by atoms with Crippen molar-refractivity contribution in [2.24, 2.45) is 0 Å². The smallest absolute Gasteiger partial charge is 0.177 e. The Bertz CT molecular complexity index is 385. The van der Waals surface area contributed by atoms with Gasteiger partial charge in [0.25, 0.3) is 0 Å². The number of nitrogens with one attached hydrogen (secondary N) is 1. The van der Waals surface area contributed by atoms with Crippen LogP contribution in [0.4, 0.5) is 0 Å². The average Bonchev–Trinajstić information content (AvgIpc) is 2.61. The first kappa shape index (κ1) is 7.34. The van der Waals surface area contributed by atoms with E-state index < -0.39 is 0 Å². The Kier molecular flexibility index (Phi) is 1.60. The molecular formula is C8H12N4. The Balaban J connectivity index is 2.60. The van der Waals surface area contributed by atoms with E-state index in [1.165, 1.54) is 5.69 Å². The van der Waals surface area contributed by atoms with Crippen LogP contribution in [0.1, 0.15) is 25.4 Å². The summed E-state index contributed by atoms with van der Waals surface area (Å²) in [6.07, 6.45) is 1.91. The predicted molar refractivity (Wildman–Crippen MR) is 46.1 cm³/mol. The summed E-state index contributed by atoms with van der Waals surface area (Å²) in [6, 6.07) is 2.03. The van der Waals surface area contributed by atoms with Crippen molar-refractivity contribution >= 4 is 5.65 Å². The zero-order chi connectivity index (χ0) is 8.55. The van der Waals surface area contributed by atoms with Gasteiger partial charge in [-0.15, -0.1) is 10.2 Å². The van der Waals surface area contributed by atoms with Gasteiger partial charge in [-0.25, -0.2) is 4.52 Å². The van der Waals surface area contributed by atoms with Crippen molar-refractivity contribution in [1.82, 2.24) is 19.8 Å². The van der Waals surface area contributed by atoms with E-state index in [9.17, 15) is 0 Å². The Morgan fingerprint density at radius 2 is 2.17 bits per heavy atom. The molecule has 0 saturated carbocycles. The van der Waals surface area contributed by atoms with Gasteiger partial charge < -0.3 is 0 Å². The van der Waals surface area contributed by atoms with Gasteiger partial charge in [-0.05, 0) is 6.42 Å². The average molecular weight is 164 g/mol. The van der Waals surface area contributed by atoms with Crippen LogP contribution in [0, 0.1) is 0 Å². The number of aromatic amines is 1. The van der Waals surface area contributed by atoms with Crippen molar-refractivity contribution in [2.75, 3.05) is 0 Å². The van der Waals surface area contributed by atoms with Crippen molar-refractivity contribution in [2.45, 2.75) is 26.7 Å². The second-order valence-corrected chi connectivity index (χ2v) is 2.80. The van der Waals surface area contributed by atoms with Gasteiger partial charge in [0, 0.05) is 18.2 Å². The van der Waals surface area contributed by atoms with Gasteiger partial charge in [0.2, 0.25) is 0 Å². The van der Waals surface area contributed by atoms with Gasteiger partial charge in [0.1, 0.15) is 0 Å². The fourth-order valence-electron chi connectivity index (χ4n) is 1.29. The Morgan fingerprint density at radius 1 is 1.33 bits per heavy atom. The molecule has 4 nitrogen and oxygen atoms in total. The molecule has 2 heterocycles. The summed E-state index contributed by atoms with van der Waals surface area (Å²) < 4.78 is 1.94. The molecule has 0 atom stereocenters. The number of rotatable bonds is 2. The first-order chi connectivity index (χ1) is 5.85. The molecule has 0 amide bonds. The van der Waals surface area contributed by atoms with Gasteiger partial charge >= 0.3 is 0 Å². The molecule has 2 rings (SSSR count). The van der Waals surface area contributed by atoms with Crippen LogP contribution in [0.3, 0.4) is 0 Å². The second-order valence-electron chi connectivity index (χ2n) is 2.80. The highest BCUT2D eigenvalue weighted by atomic mass is 15.4. The molecular weight excluding hydrogens is 152 g/mol. The maximum atomic E-state index is 4.04. The van der Waals surface area contributed by atoms with Crippen molar-refractivity contribution in [3.05, 3.63) is 17.6 Å². The third-order valence-electron chi connectivity index (χ3n) is 2.01. The molecule has 12 heavy (non-hydrogen) atoms. The molecule has 2 aromatic rings. The van der Waals surface area contributed by atoms with Crippen molar-refractivity contribution in [3.63, 3.8) is 0 Å². The van der Waals surface area contributed by atoms with E-state index in [1.807, 2.05) is 10.6 Å². The monoisotopic (exact) mass is 164 g/mol. The maximum Gasteiger partial charge on any atom is 0.177 e. The van der Waals surface area contributed by atoms with E-state index in [2.05, 4.69) is 29.1 Å². The number of hydrogen-bond acceptors (Lipinski definition) is 2. The summed E-state index contributed by atoms with van der Waals surface area (Å²) in [4.78, 5) is 0. The van der Waals surface area contributed by atoms with Gasteiger partial charge in [-0.2, -0.15) is 0 Å². The zero-order valence-corrected chi connectivity index (χ0v) is 7.33. The third kappa shape index (κ3) is 0.913. The minimum Gasteiger partial charge on any atom is -0.295 e. The van der Waals surface area contributed by atoms with Crippen LogP contribution in [0.25, 0.3) is 5.65 Å². The zero-order valence-electron chi connectivity index (χ0n) is 7.33. The highest BCUT2D eigenvalue weighted by Gasteiger charge is 2.05. The van der Waals surface area contributed by atoms with Crippen molar-refractivity contribution in [3.8, 4) is 0 Å². The van der Waals surface area contributed by atoms with E-state index in [0.717, 1.165) is 24.3 Å². The number of aryl methyl sites for hydroxylation is 2. The molecule has 2 aromatic heterocycles. The highest BCUT2D eigenvalue weighted by molar-refractivity contribution is 5.38. The van der Waals surface area contributed by atoms with Crippen LogP contribution >= 0.6 is 0 Å². The molecule has 0 aliphatic carbocycles. The number of fused-ring (bicyclic) bond motifs is 1. The Morgan fingerprint density at radius 3 is 2.83 bits per heavy atom. The third-order valence-corrected chi connectivity index (χ3v) is 2.01. The SMILES string of the molecule is CCc1cc2nnc(CC)n2[nH]1. The predicted octanol–water partition coefficient (Wildman–Crippen LogP) is 1.18. The van der Waals surface area contributed by atoms with Crippen LogP contribution in [0.15, 0.2) is 6.07 Å². The van der Waals surface area contributed by atoms with E-state index in [1.54, 1.807) is 0 Å². The van der Waals surface area contributed by atoms with Crippen LogP contribution in [-0.2, 0) is 12.8 Å². The molecule has 0 bridgehead atoms. The first-order valence-electron chi connectivity index (χ1n) is 4.27. The maximum absolute atomic E-state index is 4.04. The normalized spacial score (nSPS) is 11.2. The summed E-state index contributed by atoms with van der Waals surface area (Å²) in [7, 11) is 0. The molecule has 0 saturated heterocycles. The number of hydrogen-bond donors (Lipinski definition) is 1. The summed E-state index contributed by atoms with van der Waals surface area (Å²) in [5.41, 5.74) is 2.12. The molecule has 0 unspecified atom stereocenters. The lowest BCUT2D eigenvalue weighted by molar-refractivity contribution is 0.811. The fourth-order valence-corrected chi connectivity index (χ4v) is 1.29. The summed E-state index contributed by atoms with van der Waals surface area (Å²) >= 11 is 0. The van der Waals surface area contributed by atoms with E-state index >= 15 is 0 Å². The molecule has 4 heteroatoms. The van der Waals surface area contributed by atoms with E-state index in [4.69, 9.17) is 0 Å². The molecule has 0 spiro atoms. The molecule has 0 radical (unpaired) electrons. The van der Waals surface area contributed by atoms with Gasteiger partial charge in [0.15, 0.2) is 11.5 Å². The molecule has 0 aromatic carbocycles. The largest absolute Gasteiger partial charge is 0.295 e. The minimum absolute atomic E-state index is 0.908. The fraction of sp³-hybridized carbons (Fsp3) is 0.500. The number of aromatic nitrogens is 4. The van der Waals surface area contributed by atoms with Crippen LogP contribution < -0.4 is 0 Å². The lowest BCUT2D eigenvalue weighted by atomic mass is 10.3. The summed E-state index contributed by atoms with van der Waals surface area (Å²) in [5, 5.41) is 11.3. The Labute approximate surface area is 70.6 Å². The van der Waals surface area contributed by atoms with E-state index in [0.29, 0.717) is 0 Å².